The van der Waals surface area contributed by atoms with Crippen LogP contribution in [0.15, 0.2) is 60.8 Å². The largest absolute Gasteiger partial charge is 0.462 e. The number of hydrogen-bond donors (Lipinski definition) is 0. The van der Waals surface area contributed by atoms with Crippen LogP contribution in [0.1, 0.15) is 348 Å². The van der Waals surface area contributed by atoms with Crippen molar-refractivity contribution in [1.29, 1.82) is 0 Å². The van der Waals surface area contributed by atoms with Crippen LogP contribution >= 0.6 is 0 Å². The highest BCUT2D eigenvalue weighted by Gasteiger charge is 2.19. The Kier molecular flexibility index (Phi) is 62.2. The lowest BCUT2D eigenvalue weighted by molar-refractivity contribution is -0.167. The summed E-state index contributed by atoms with van der Waals surface area (Å²) in [4.78, 5) is 38.2. The third kappa shape index (κ3) is 62.0. The van der Waals surface area contributed by atoms with E-state index in [0.717, 1.165) is 89.9 Å². The predicted octanol–water partition coefficient (Wildman–Crippen LogP) is 22.7. The van der Waals surface area contributed by atoms with Crippen LogP contribution in [0, 0.1) is 0 Å². The molecule has 0 aromatic rings. The van der Waals surface area contributed by atoms with Gasteiger partial charge in [0.1, 0.15) is 13.2 Å². The Hall–Kier alpha value is -2.89. The average Bonchev–Trinajstić information content (AvgIpc) is 3.42. The summed E-state index contributed by atoms with van der Waals surface area (Å²) >= 11 is 0. The molecule has 0 aromatic heterocycles. The van der Waals surface area contributed by atoms with Crippen molar-refractivity contribution in [2.45, 2.75) is 354 Å². The Morgan fingerprint density at radius 3 is 0.855 bits per heavy atom. The smallest absolute Gasteiger partial charge is 0.306 e. The molecule has 0 spiro atoms. The molecule has 6 nitrogen and oxygen atoms in total. The van der Waals surface area contributed by atoms with Gasteiger partial charge in [-0.15, -0.1) is 0 Å². The van der Waals surface area contributed by atoms with Gasteiger partial charge in [-0.05, 0) is 77.0 Å². The van der Waals surface area contributed by atoms with Crippen molar-refractivity contribution < 1.29 is 28.6 Å². The van der Waals surface area contributed by atoms with Gasteiger partial charge in [0.15, 0.2) is 6.10 Å². The minimum Gasteiger partial charge on any atom is -0.462 e. The Morgan fingerprint density at radius 1 is 0.276 bits per heavy atom. The van der Waals surface area contributed by atoms with Gasteiger partial charge in [-0.1, -0.05) is 313 Å². The Morgan fingerprint density at radius 2 is 0.526 bits per heavy atom. The molecule has 0 bridgehead atoms. The number of rotatable bonds is 61. The normalized spacial score (nSPS) is 12.4. The van der Waals surface area contributed by atoms with E-state index in [1.807, 2.05) is 0 Å². The second-order valence-electron chi connectivity index (χ2n) is 22.4. The van der Waals surface area contributed by atoms with E-state index in [1.54, 1.807) is 0 Å². The number of hydrogen-bond acceptors (Lipinski definition) is 6. The highest BCUT2D eigenvalue weighted by molar-refractivity contribution is 5.71. The SMILES string of the molecule is CC/C=C\C/C=C\C/C=C\C/C=C\CCCCCCCCCCCCCCCCCCCCC(=O)OCC(COC(=O)CCCCCCC/C=C\CCCC)OC(=O)CCCCCCCCCCCCCCCCCC. The van der Waals surface area contributed by atoms with Crippen LogP contribution in [-0.4, -0.2) is 37.2 Å². The van der Waals surface area contributed by atoms with Gasteiger partial charge >= 0.3 is 17.9 Å². The van der Waals surface area contributed by atoms with Crippen LogP contribution < -0.4 is 0 Å². The van der Waals surface area contributed by atoms with E-state index in [0.29, 0.717) is 19.3 Å². The molecule has 0 heterocycles. The molecule has 0 radical (unpaired) electrons. The number of esters is 3. The molecule has 0 N–H and O–H groups in total. The molecule has 1 unspecified atom stereocenters. The monoisotopic (exact) mass is 1060 g/mol. The molecule has 6 heteroatoms. The number of carbonyl (C=O) groups is 3. The van der Waals surface area contributed by atoms with E-state index >= 15 is 0 Å². The number of carbonyl (C=O) groups excluding carboxylic acids is 3. The lowest BCUT2D eigenvalue weighted by Crippen LogP contribution is -2.30. The van der Waals surface area contributed by atoms with E-state index < -0.39 is 6.10 Å². The van der Waals surface area contributed by atoms with Crippen LogP contribution in [0.2, 0.25) is 0 Å². The van der Waals surface area contributed by atoms with Crippen LogP contribution in [0.25, 0.3) is 0 Å². The Labute approximate surface area is 472 Å². The predicted molar refractivity (Wildman–Crippen MR) is 330 cm³/mol. The molecule has 442 valence electrons. The Bertz CT molecular complexity index is 1360. The lowest BCUT2D eigenvalue weighted by Gasteiger charge is -2.18. The zero-order valence-electron chi connectivity index (χ0n) is 50.8. The van der Waals surface area contributed by atoms with E-state index in [-0.39, 0.29) is 31.1 Å². The maximum atomic E-state index is 12.9. The highest BCUT2D eigenvalue weighted by atomic mass is 16.6. The van der Waals surface area contributed by atoms with Crippen molar-refractivity contribution in [3.05, 3.63) is 60.8 Å². The Balaban J connectivity index is 4.11. The second kappa shape index (κ2) is 64.6. The minimum atomic E-state index is -0.773. The summed E-state index contributed by atoms with van der Waals surface area (Å²) in [6, 6.07) is 0. The van der Waals surface area contributed by atoms with Crippen molar-refractivity contribution >= 4 is 17.9 Å². The van der Waals surface area contributed by atoms with Gasteiger partial charge in [-0.25, -0.2) is 0 Å². The zero-order valence-corrected chi connectivity index (χ0v) is 50.8. The first kappa shape index (κ1) is 73.1. The van der Waals surface area contributed by atoms with Crippen LogP contribution in [0.4, 0.5) is 0 Å². The minimum absolute atomic E-state index is 0.0711. The molecule has 0 aliphatic heterocycles. The van der Waals surface area contributed by atoms with E-state index in [4.69, 9.17) is 14.2 Å². The standard InChI is InChI=1S/C70H126O6/c1-4-7-10-13-16-19-22-24-26-28-29-30-31-32-33-34-35-36-37-38-39-40-41-42-44-45-48-51-54-57-60-63-69(72)75-66-67(65-74-68(71)62-59-56-53-50-47-21-18-15-12-9-6-3)76-70(73)64-61-58-55-52-49-46-43-27-25-23-20-17-14-11-8-5-2/h7,10,15-16,18-19,24,26,29-30,67H,4-6,8-9,11-14,17,20-23,25,27-28,31-66H2,1-3H3/b10-7-,18-15-,19-16-,26-24-,30-29-. The van der Waals surface area contributed by atoms with E-state index in [2.05, 4.69) is 81.5 Å². The summed E-state index contributed by atoms with van der Waals surface area (Å²) in [7, 11) is 0. The molecule has 0 aliphatic rings. The quantitative estimate of drug-likeness (QED) is 0.0261. The summed E-state index contributed by atoms with van der Waals surface area (Å²) in [5.41, 5.74) is 0. The average molecular weight is 1060 g/mol. The summed E-state index contributed by atoms with van der Waals surface area (Å²) in [5.74, 6) is -0.860. The summed E-state index contributed by atoms with van der Waals surface area (Å²) in [5, 5.41) is 0. The molecular weight excluding hydrogens is 937 g/mol. The van der Waals surface area contributed by atoms with Crippen molar-refractivity contribution in [2.24, 2.45) is 0 Å². The van der Waals surface area contributed by atoms with Crippen molar-refractivity contribution in [2.75, 3.05) is 13.2 Å². The number of allylic oxidation sites excluding steroid dienone is 10. The van der Waals surface area contributed by atoms with Crippen molar-refractivity contribution in [1.82, 2.24) is 0 Å². The van der Waals surface area contributed by atoms with E-state index in [9.17, 15) is 14.4 Å². The zero-order chi connectivity index (χ0) is 55.0. The van der Waals surface area contributed by atoms with Crippen molar-refractivity contribution in [3.8, 4) is 0 Å². The van der Waals surface area contributed by atoms with Crippen LogP contribution in [0.5, 0.6) is 0 Å². The van der Waals surface area contributed by atoms with Gasteiger partial charge in [0.05, 0.1) is 0 Å². The molecule has 76 heavy (non-hydrogen) atoms. The summed E-state index contributed by atoms with van der Waals surface area (Å²) in [6.07, 6.45) is 82.5. The first-order chi connectivity index (χ1) is 37.5. The van der Waals surface area contributed by atoms with Gasteiger partial charge in [0, 0.05) is 19.3 Å². The second-order valence-corrected chi connectivity index (χ2v) is 22.4. The lowest BCUT2D eigenvalue weighted by atomic mass is 10.0. The molecule has 0 aromatic carbocycles. The van der Waals surface area contributed by atoms with Gasteiger partial charge in [0.2, 0.25) is 0 Å². The summed E-state index contributed by atoms with van der Waals surface area (Å²) in [6.45, 7) is 6.53. The van der Waals surface area contributed by atoms with E-state index in [1.165, 1.54) is 218 Å². The number of unbranched alkanes of at least 4 members (excludes halogenated alkanes) is 40. The molecule has 1 atom stereocenters. The number of ether oxygens (including phenoxy) is 3. The van der Waals surface area contributed by atoms with Crippen LogP contribution in [-0.2, 0) is 28.6 Å². The molecule has 0 saturated heterocycles. The molecule has 0 fully saturated rings. The van der Waals surface area contributed by atoms with Gasteiger partial charge in [-0.3, -0.25) is 14.4 Å². The molecule has 0 saturated carbocycles. The van der Waals surface area contributed by atoms with Crippen molar-refractivity contribution in [3.63, 3.8) is 0 Å². The molecular formula is C70H126O6. The molecule has 0 aliphatic carbocycles. The van der Waals surface area contributed by atoms with Gasteiger partial charge in [0.25, 0.3) is 0 Å². The topological polar surface area (TPSA) is 78.9 Å². The molecule has 0 rings (SSSR count). The van der Waals surface area contributed by atoms with Gasteiger partial charge < -0.3 is 14.2 Å². The third-order valence-electron chi connectivity index (χ3n) is 14.8. The highest BCUT2D eigenvalue weighted by Crippen LogP contribution is 2.18. The fourth-order valence-electron chi connectivity index (χ4n) is 9.77. The maximum absolute atomic E-state index is 12.9. The third-order valence-corrected chi connectivity index (χ3v) is 14.8. The fraction of sp³-hybridized carbons (Fsp3) is 0.814. The first-order valence-electron chi connectivity index (χ1n) is 33.3. The fourth-order valence-corrected chi connectivity index (χ4v) is 9.77. The molecule has 0 amide bonds. The first-order valence-corrected chi connectivity index (χ1v) is 33.3. The maximum Gasteiger partial charge on any atom is 0.306 e. The van der Waals surface area contributed by atoms with Crippen LogP contribution in [0.3, 0.4) is 0 Å². The summed E-state index contributed by atoms with van der Waals surface area (Å²) < 4.78 is 16.9. The van der Waals surface area contributed by atoms with Gasteiger partial charge in [-0.2, -0.15) is 0 Å².